The first-order chi connectivity index (χ1) is 18.6. The third-order valence-electron chi connectivity index (χ3n) is 10.5. The van der Waals surface area contributed by atoms with Crippen LogP contribution in [0, 0.1) is 17.3 Å². The number of carbonyl (C=O) groups is 2. The van der Waals surface area contributed by atoms with Crippen LogP contribution in [0.25, 0.3) is 0 Å². The molecule has 0 radical (unpaired) electrons. The lowest BCUT2D eigenvalue weighted by Gasteiger charge is -2.69. The molecule has 0 aromatic carbocycles. The van der Waals surface area contributed by atoms with E-state index in [0.29, 0.717) is 12.0 Å². The van der Waals surface area contributed by atoms with E-state index >= 15 is 0 Å². The van der Waals surface area contributed by atoms with Gasteiger partial charge in [-0.15, -0.1) is 0 Å². The average Bonchev–Trinajstić information content (AvgIpc) is 3.20. The molecule has 0 aromatic heterocycles. The molecule has 1 spiro atoms. The van der Waals surface area contributed by atoms with Crippen LogP contribution in [-0.2, 0) is 28.5 Å². The van der Waals surface area contributed by atoms with Crippen molar-refractivity contribution in [2.45, 2.75) is 146 Å². The third kappa shape index (κ3) is 5.01. The van der Waals surface area contributed by atoms with Crippen LogP contribution in [-0.4, -0.2) is 95.9 Å². The molecule has 10 atom stereocenters. The van der Waals surface area contributed by atoms with E-state index < -0.39 is 23.3 Å². The summed E-state index contributed by atoms with van der Waals surface area (Å²) in [7, 11) is 4.08. The van der Waals surface area contributed by atoms with Gasteiger partial charge >= 0.3 is 11.9 Å². The van der Waals surface area contributed by atoms with Crippen LogP contribution in [0.1, 0.15) is 92.9 Å². The van der Waals surface area contributed by atoms with Crippen molar-refractivity contribution in [3.05, 3.63) is 0 Å². The van der Waals surface area contributed by atoms with E-state index in [1.165, 1.54) is 0 Å². The molecule has 5 rings (SSSR count). The summed E-state index contributed by atoms with van der Waals surface area (Å²) >= 11 is 0. The van der Waals surface area contributed by atoms with Crippen LogP contribution < -0.4 is 5.32 Å². The molecule has 228 valence electrons. The molecule has 0 amide bonds. The molecule has 2 bridgehead atoms. The number of hydrogen-bond donors (Lipinski definition) is 2. The second-order valence-electron chi connectivity index (χ2n) is 15.1. The van der Waals surface area contributed by atoms with Crippen LogP contribution >= 0.6 is 0 Å². The zero-order chi connectivity index (χ0) is 29.3. The molecule has 6 unspecified atom stereocenters. The summed E-state index contributed by atoms with van der Waals surface area (Å²) in [5.74, 6) is 0.0258. The number of carbonyl (C=O) groups excluding carboxylic acids is 2. The van der Waals surface area contributed by atoms with Gasteiger partial charge in [0.05, 0.1) is 23.9 Å². The van der Waals surface area contributed by atoms with E-state index in [1.807, 2.05) is 48.7 Å². The maximum atomic E-state index is 13.5. The molecule has 40 heavy (non-hydrogen) atoms. The first-order valence-corrected chi connectivity index (χ1v) is 15.4. The number of rotatable bonds is 7. The van der Waals surface area contributed by atoms with Crippen LogP contribution in [0.2, 0.25) is 0 Å². The van der Waals surface area contributed by atoms with Crippen LogP contribution in [0.3, 0.4) is 0 Å². The molecule has 3 saturated carbocycles. The van der Waals surface area contributed by atoms with Crippen molar-refractivity contribution in [2.75, 3.05) is 20.7 Å². The van der Waals surface area contributed by atoms with Gasteiger partial charge in [0.1, 0.15) is 17.2 Å². The topological polar surface area (TPSA) is 107 Å². The Balaban J connectivity index is 1.45. The normalized spacial score (nSPS) is 41.7. The molecule has 2 saturated heterocycles. The van der Waals surface area contributed by atoms with Gasteiger partial charge in [-0.05, 0) is 106 Å². The predicted octanol–water partition coefficient (Wildman–Crippen LogP) is 3.20. The number of likely N-dealkylation sites (N-methyl/N-ethyl adjacent to an activating group) is 1. The maximum absolute atomic E-state index is 13.5. The smallest absolute Gasteiger partial charge is 0.323 e. The van der Waals surface area contributed by atoms with Crippen LogP contribution in [0.15, 0.2) is 0 Å². The SMILES string of the molecule is CO[C@]12CCC(N[C@@H](CCC(=O)OC(C)(C)C)C(=O)OC(C)(C)C)[C@@H]3OC4C(O)CCC5CC1N(C)CC[C@]32C54. The standard InChI is InChI=1S/C31H52N2O7/c1-28(2,3)39-23(35)12-10-20(27(36)40-29(4,5)6)32-19-13-14-31(37-8)22-17-18-9-11-21(34)25-24(18)30(31,26(19)38-25)15-16-33(22)7/h18-22,24-26,32,34H,9-17H2,1-8H3/t18?,19?,20-,21?,22?,24?,25?,26-,30-,31+/m0/s1. The Kier molecular flexibility index (Phi) is 7.91. The molecular weight excluding hydrogens is 512 g/mol. The van der Waals surface area contributed by atoms with Gasteiger partial charge in [-0.2, -0.15) is 0 Å². The highest BCUT2D eigenvalue weighted by molar-refractivity contribution is 5.78. The van der Waals surface area contributed by atoms with E-state index in [1.54, 1.807) is 0 Å². The van der Waals surface area contributed by atoms with Gasteiger partial charge in [0.15, 0.2) is 0 Å². The number of ether oxygens (including phenoxy) is 4. The summed E-state index contributed by atoms with van der Waals surface area (Å²) in [6, 6.07) is -0.497. The van der Waals surface area contributed by atoms with Crippen LogP contribution in [0.5, 0.6) is 0 Å². The Morgan fingerprint density at radius 1 is 1.07 bits per heavy atom. The number of likely N-dealkylation sites (tertiary alicyclic amines) is 1. The Morgan fingerprint density at radius 2 is 1.77 bits per heavy atom. The van der Waals surface area contributed by atoms with Gasteiger partial charge in [0.2, 0.25) is 0 Å². The minimum atomic E-state index is -0.680. The molecule has 3 aliphatic carbocycles. The average molecular weight is 565 g/mol. The lowest BCUT2D eigenvalue weighted by Crippen LogP contribution is -2.78. The predicted molar refractivity (Wildman–Crippen MR) is 150 cm³/mol. The molecule has 5 fully saturated rings. The molecule has 9 heteroatoms. The molecular formula is C31H52N2O7. The quantitative estimate of drug-likeness (QED) is 0.451. The van der Waals surface area contributed by atoms with Crippen molar-refractivity contribution >= 4 is 11.9 Å². The number of nitrogens with zero attached hydrogens (tertiary/aromatic N) is 1. The molecule has 2 heterocycles. The number of aliphatic hydroxyl groups excluding tert-OH is 1. The van der Waals surface area contributed by atoms with Gasteiger partial charge in [-0.3, -0.25) is 14.9 Å². The minimum absolute atomic E-state index is 0.110. The molecule has 2 aliphatic heterocycles. The van der Waals surface area contributed by atoms with Gasteiger partial charge in [0.25, 0.3) is 0 Å². The summed E-state index contributed by atoms with van der Waals surface area (Å²) in [6.45, 7) is 12.1. The first-order valence-electron chi connectivity index (χ1n) is 15.4. The van der Waals surface area contributed by atoms with E-state index in [4.69, 9.17) is 18.9 Å². The summed E-state index contributed by atoms with van der Waals surface area (Å²) in [4.78, 5) is 28.6. The monoisotopic (exact) mass is 564 g/mol. The summed E-state index contributed by atoms with van der Waals surface area (Å²) in [5.41, 5.74) is -1.84. The Bertz CT molecular complexity index is 976. The number of nitrogens with one attached hydrogen (secondary N) is 1. The van der Waals surface area contributed by atoms with Gasteiger partial charge in [-0.25, -0.2) is 0 Å². The van der Waals surface area contributed by atoms with Crippen molar-refractivity contribution in [2.24, 2.45) is 17.3 Å². The zero-order valence-electron chi connectivity index (χ0n) is 25.8. The van der Waals surface area contributed by atoms with Crippen molar-refractivity contribution < 1.29 is 33.6 Å². The van der Waals surface area contributed by atoms with E-state index in [9.17, 15) is 14.7 Å². The second-order valence-corrected chi connectivity index (χ2v) is 15.1. The summed E-state index contributed by atoms with van der Waals surface area (Å²) in [5, 5.41) is 14.8. The largest absolute Gasteiger partial charge is 0.460 e. The first kappa shape index (κ1) is 30.2. The number of esters is 2. The number of methoxy groups -OCH3 is 1. The van der Waals surface area contributed by atoms with E-state index in [-0.39, 0.29) is 60.0 Å². The fourth-order valence-electron chi connectivity index (χ4n) is 9.28. The molecule has 0 aromatic rings. The van der Waals surface area contributed by atoms with Crippen molar-refractivity contribution in [1.82, 2.24) is 10.2 Å². The second kappa shape index (κ2) is 10.5. The Hall–Kier alpha value is -1.26. The third-order valence-corrected chi connectivity index (χ3v) is 10.5. The highest BCUT2D eigenvalue weighted by atomic mass is 16.6. The van der Waals surface area contributed by atoms with E-state index in [2.05, 4.69) is 17.3 Å². The van der Waals surface area contributed by atoms with Crippen molar-refractivity contribution in [3.8, 4) is 0 Å². The van der Waals surface area contributed by atoms with Crippen molar-refractivity contribution in [1.29, 1.82) is 0 Å². The lowest BCUT2D eigenvalue weighted by molar-refractivity contribution is -0.269. The molecule has 9 nitrogen and oxygen atoms in total. The van der Waals surface area contributed by atoms with E-state index in [0.717, 1.165) is 45.1 Å². The molecule has 2 N–H and O–H groups in total. The summed E-state index contributed by atoms with van der Waals surface area (Å²) < 4.78 is 24.9. The fraction of sp³-hybridized carbons (Fsp3) is 0.935. The fourth-order valence-corrected chi connectivity index (χ4v) is 9.28. The Labute approximate surface area is 240 Å². The summed E-state index contributed by atoms with van der Waals surface area (Å²) in [6.07, 6.45) is 4.91. The van der Waals surface area contributed by atoms with Gasteiger partial charge in [-0.1, -0.05) is 0 Å². The highest BCUT2D eigenvalue weighted by Crippen LogP contribution is 2.70. The zero-order valence-corrected chi connectivity index (χ0v) is 25.8. The Morgan fingerprint density at radius 3 is 2.42 bits per heavy atom. The minimum Gasteiger partial charge on any atom is -0.460 e. The highest BCUT2D eigenvalue weighted by Gasteiger charge is 2.78. The number of piperidine rings is 1. The van der Waals surface area contributed by atoms with Crippen molar-refractivity contribution in [3.63, 3.8) is 0 Å². The number of aliphatic hydroxyl groups is 1. The van der Waals surface area contributed by atoms with Crippen LogP contribution in [0.4, 0.5) is 0 Å². The van der Waals surface area contributed by atoms with Gasteiger partial charge < -0.3 is 29.0 Å². The maximum Gasteiger partial charge on any atom is 0.323 e. The number of hydrogen-bond acceptors (Lipinski definition) is 9. The van der Waals surface area contributed by atoms with Gasteiger partial charge in [0, 0.05) is 36.9 Å². The lowest BCUT2D eigenvalue weighted by atomic mass is 9.42. The molecule has 5 aliphatic rings.